The van der Waals surface area contributed by atoms with Crippen molar-refractivity contribution in [3.8, 4) is 0 Å². The van der Waals surface area contributed by atoms with Gasteiger partial charge in [-0.25, -0.2) is 4.98 Å². The lowest BCUT2D eigenvalue weighted by Gasteiger charge is -2.04. The molecule has 0 radical (unpaired) electrons. The van der Waals surface area contributed by atoms with Crippen LogP contribution in [-0.2, 0) is 11.3 Å². The second-order valence-electron chi connectivity index (χ2n) is 3.51. The molecule has 0 aliphatic rings. The lowest BCUT2D eigenvalue weighted by Crippen LogP contribution is -2.36. The summed E-state index contributed by atoms with van der Waals surface area (Å²) >= 11 is 1.34. The maximum atomic E-state index is 11.5. The SMILES string of the molecule is O=C(CNC(=O)c1cccs1)NCc1cnc[nH]1. The highest BCUT2D eigenvalue weighted by molar-refractivity contribution is 7.12. The molecule has 0 saturated carbocycles. The van der Waals surface area contributed by atoms with Crippen molar-refractivity contribution < 1.29 is 9.59 Å². The zero-order valence-corrected chi connectivity index (χ0v) is 10.3. The van der Waals surface area contributed by atoms with Crippen LogP contribution < -0.4 is 10.6 Å². The molecule has 2 heterocycles. The van der Waals surface area contributed by atoms with Gasteiger partial charge in [0.25, 0.3) is 5.91 Å². The highest BCUT2D eigenvalue weighted by Crippen LogP contribution is 2.07. The van der Waals surface area contributed by atoms with Crippen molar-refractivity contribution in [3.63, 3.8) is 0 Å². The molecule has 0 atom stereocenters. The van der Waals surface area contributed by atoms with Crippen LogP contribution in [0.15, 0.2) is 30.0 Å². The molecule has 2 rings (SSSR count). The number of aromatic amines is 1. The van der Waals surface area contributed by atoms with Crippen LogP contribution >= 0.6 is 11.3 Å². The molecular weight excluding hydrogens is 252 g/mol. The van der Waals surface area contributed by atoms with Gasteiger partial charge in [-0.1, -0.05) is 6.07 Å². The number of nitrogens with one attached hydrogen (secondary N) is 3. The van der Waals surface area contributed by atoms with E-state index in [1.807, 2.05) is 5.38 Å². The fourth-order valence-corrected chi connectivity index (χ4v) is 1.93. The Kier molecular flexibility index (Phi) is 4.08. The van der Waals surface area contributed by atoms with Gasteiger partial charge < -0.3 is 15.6 Å². The van der Waals surface area contributed by atoms with Gasteiger partial charge in [-0.05, 0) is 11.4 Å². The fourth-order valence-electron chi connectivity index (χ4n) is 1.29. The molecule has 2 amide bonds. The maximum absolute atomic E-state index is 11.5. The standard InChI is InChI=1S/C11H12N4O2S/c16-10(13-5-8-4-12-7-15-8)6-14-11(17)9-2-1-3-18-9/h1-4,7H,5-6H2,(H,12,15)(H,13,16)(H,14,17). The largest absolute Gasteiger partial charge is 0.349 e. The number of nitrogens with zero attached hydrogens (tertiary/aromatic N) is 1. The predicted molar refractivity (Wildman–Crippen MR) is 67.1 cm³/mol. The molecule has 0 fully saturated rings. The summed E-state index contributed by atoms with van der Waals surface area (Å²) in [5.74, 6) is -0.476. The topological polar surface area (TPSA) is 86.9 Å². The summed E-state index contributed by atoms with van der Waals surface area (Å²) in [6.45, 7) is 0.332. The normalized spacial score (nSPS) is 10.0. The first-order chi connectivity index (χ1) is 8.75. The number of amides is 2. The molecule has 3 N–H and O–H groups in total. The minimum atomic E-state index is -0.241. The Morgan fingerprint density at radius 1 is 1.39 bits per heavy atom. The Balaban J connectivity index is 1.70. The third kappa shape index (κ3) is 3.42. The summed E-state index contributed by atoms with van der Waals surface area (Å²) in [7, 11) is 0. The van der Waals surface area contributed by atoms with Crippen LogP contribution in [0.3, 0.4) is 0 Å². The molecule has 0 aromatic carbocycles. The number of thiophene rings is 1. The molecule has 18 heavy (non-hydrogen) atoms. The third-order valence-corrected chi connectivity index (χ3v) is 3.05. The zero-order chi connectivity index (χ0) is 12.8. The van der Waals surface area contributed by atoms with Crippen molar-refractivity contribution >= 4 is 23.2 Å². The van der Waals surface area contributed by atoms with Gasteiger partial charge in [0, 0.05) is 6.20 Å². The van der Waals surface area contributed by atoms with Crippen LogP contribution in [0.4, 0.5) is 0 Å². The van der Waals surface area contributed by atoms with Crippen molar-refractivity contribution in [2.75, 3.05) is 6.54 Å². The number of carbonyl (C=O) groups is 2. The second-order valence-corrected chi connectivity index (χ2v) is 4.46. The molecule has 0 spiro atoms. The number of H-pyrrole nitrogens is 1. The van der Waals surface area contributed by atoms with Crippen molar-refractivity contribution in [1.82, 2.24) is 20.6 Å². The van der Waals surface area contributed by atoms with Crippen molar-refractivity contribution in [1.29, 1.82) is 0 Å². The van der Waals surface area contributed by atoms with Gasteiger partial charge in [-0.15, -0.1) is 11.3 Å². The highest BCUT2D eigenvalue weighted by Gasteiger charge is 2.08. The van der Waals surface area contributed by atoms with Crippen molar-refractivity contribution in [3.05, 3.63) is 40.6 Å². The van der Waals surface area contributed by atoms with Crippen molar-refractivity contribution in [2.24, 2.45) is 0 Å². The van der Waals surface area contributed by atoms with Gasteiger partial charge in [0.1, 0.15) is 0 Å². The first kappa shape index (κ1) is 12.3. The molecule has 0 aliphatic carbocycles. The first-order valence-corrected chi connectivity index (χ1v) is 6.19. The van der Waals surface area contributed by atoms with Crippen LogP contribution in [0.1, 0.15) is 15.4 Å². The lowest BCUT2D eigenvalue weighted by molar-refractivity contribution is -0.120. The summed E-state index contributed by atoms with van der Waals surface area (Å²) in [5.41, 5.74) is 0.813. The number of rotatable bonds is 5. The molecule has 2 aromatic rings. The fraction of sp³-hybridized carbons (Fsp3) is 0.182. The molecule has 6 nitrogen and oxygen atoms in total. The molecular formula is C11H12N4O2S. The van der Waals surface area contributed by atoms with Gasteiger partial charge in [-0.2, -0.15) is 0 Å². The zero-order valence-electron chi connectivity index (χ0n) is 9.47. The quantitative estimate of drug-likeness (QED) is 0.735. The van der Waals surface area contributed by atoms with E-state index in [0.29, 0.717) is 11.4 Å². The minimum absolute atomic E-state index is 0.0368. The van der Waals surface area contributed by atoms with Gasteiger partial charge in [0.2, 0.25) is 5.91 Å². The average Bonchev–Trinajstić information content (AvgIpc) is 3.05. The third-order valence-electron chi connectivity index (χ3n) is 2.19. The highest BCUT2D eigenvalue weighted by atomic mass is 32.1. The van der Waals surface area contributed by atoms with E-state index < -0.39 is 0 Å². The molecule has 0 unspecified atom stereocenters. The number of aromatic nitrogens is 2. The Labute approximate surface area is 107 Å². The molecule has 0 bridgehead atoms. The molecule has 0 aliphatic heterocycles. The van der Waals surface area contributed by atoms with E-state index in [1.165, 1.54) is 11.3 Å². The van der Waals surface area contributed by atoms with E-state index in [4.69, 9.17) is 0 Å². The Hall–Kier alpha value is -2.15. The molecule has 7 heteroatoms. The van der Waals surface area contributed by atoms with Crippen LogP contribution in [0.25, 0.3) is 0 Å². The summed E-state index contributed by atoms with van der Waals surface area (Å²) in [6, 6.07) is 3.50. The van der Waals surface area contributed by atoms with Crippen molar-refractivity contribution in [2.45, 2.75) is 6.54 Å². The molecule has 94 valence electrons. The first-order valence-electron chi connectivity index (χ1n) is 5.31. The van der Waals surface area contributed by atoms with Crippen LogP contribution in [0.2, 0.25) is 0 Å². The molecule has 0 saturated heterocycles. The Bertz CT molecular complexity index is 507. The summed E-state index contributed by atoms with van der Waals surface area (Å²) in [6.07, 6.45) is 3.17. The Morgan fingerprint density at radius 3 is 2.94 bits per heavy atom. The predicted octanol–water partition coefficient (Wildman–Crippen LogP) is 0.517. The summed E-state index contributed by atoms with van der Waals surface area (Å²) < 4.78 is 0. The Morgan fingerprint density at radius 2 is 2.28 bits per heavy atom. The summed E-state index contributed by atoms with van der Waals surface area (Å²) in [5, 5.41) is 7.03. The number of hydrogen-bond acceptors (Lipinski definition) is 4. The van der Waals surface area contributed by atoms with Gasteiger partial charge in [0.05, 0.1) is 30.0 Å². The number of carbonyl (C=O) groups excluding carboxylic acids is 2. The van der Waals surface area contributed by atoms with E-state index in [9.17, 15) is 9.59 Å². The number of hydrogen-bond donors (Lipinski definition) is 3. The second kappa shape index (κ2) is 5.97. The van der Waals surface area contributed by atoms with Crippen LogP contribution in [-0.4, -0.2) is 28.3 Å². The van der Waals surface area contributed by atoms with Gasteiger partial charge >= 0.3 is 0 Å². The minimum Gasteiger partial charge on any atom is -0.349 e. The maximum Gasteiger partial charge on any atom is 0.261 e. The van der Waals surface area contributed by atoms with Crippen LogP contribution in [0, 0.1) is 0 Å². The van der Waals surface area contributed by atoms with Crippen LogP contribution in [0.5, 0.6) is 0 Å². The monoisotopic (exact) mass is 264 g/mol. The van der Waals surface area contributed by atoms with E-state index >= 15 is 0 Å². The van der Waals surface area contributed by atoms with Gasteiger partial charge in [0.15, 0.2) is 0 Å². The average molecular weight is 264 g/mol. The van der Waals surface area contributed by atoms with E-state index in [2.05, 4.69) is 20.6 Å². The van der Waals surface area contributed by atoms with E-state index in [1.54, 1.807) is 24.7 Å². The molecule has 2 aromatic heterocycles. The number of imidazole rings is 1. The van der Waals surface area contributed by atoms with Gasteiger partial charge in [-0.3, -0.25) is 9.59 Å². The van der Waals surface area contributed by atoms with E-state index in [-0.39, 0.29) is 18.4 Å². The smallest absolute Gasteiger partial charge is 0.261 e. The van der Waals surface area contributed by atoms with E-state index in [0.717, 1.165) is 5.69 Å². The summed E-state index contributed by atoms with van der Waals surface area (Å²) in [4.78, 5) is 30.3. The lowest BCUT2D eigenvalue weighted by atomic mass is 10.4.